The fraction of sp³-hybridized carbons (Fsp3) is 0.481. The normalized spacial score (nSPS) is 19.4. The van der Waals surface area contributed by atoms with Gasteiger partial charge in [0.15, 0.2) is 0 Å². The van der Waals surface area contributed by atoms with Crippen LogP contribution in [0.5, 0.6) is 5.75 Å². The van der Waals surface area contributed by atoms with Gasteiger partial charge in [-0.1, -0.05) is 6.92 Å². The average Bonchev–Trinajstić information content (AvgIpc) is 3.56. The van der Waals surface area contributed by atoms with Crippen molar-refractivity contribution in [2.45, 2.75) is 39.2 Å². The van der Waals surface area contributed by atoms with Crippen molar-refractivity contribution < 1.29 is 27.8 Å². The van der Waals surface area contributed by atoms with E-state index in [1.54, 1.807) is 17.9 Å². The monoisotopic (exact) mass is 527 g/mol. The molecule has 1 aliphatic heterocycles. The van der Waals surface area contributed by atoms with E-state index in [0.717, 1.165) is 12.8 Å². The Hall–Kier alpha value is -3.60. The number of rotatable bonds is 9. The maximum absolute atomic E-state index is 13.6. The third-order valence-corrected chi connectivity index (χ3v) is 7.23. The zero-order valence-electron chi connectivity index (χ0n) is 21.6. The van der Waals surface area contributed by atoms with Gasteiger partial charge < -0.3 is 24.7 Å². The van der Waals surface area contributed by atoms with Crippen LogP contribution in [0.3, 0.4) is 0 Å². The van der Waals surface area contributed by atoms with E-state index in [9.17, 15) is 18.4 Å². The summed E-state index contributed by atoms with van der Waals surface area (Å²) in [5, 5.41) is 3.05. The van der Waals surface area contributed by atoms with Crippen LogP contribution in [0.4, 0.5) is 8.78 Å². The lowest BCUT2D eigenvalue weighted by Crippen LogP contribution is -2.41. The quantitative estimate of drug-likeness (QED) is 0.437. The first-order chi connectivity index (χ1) is 18.3. The zero-order valence-corrected chi connectivity index (χ0v) is 21.6. The molecular formula is C27H31F2N5O4. The summed E-state index contributed by atoms with van der Waals surface area (Å²) in [7, 11) is 1.47. The second-order valence-corrected chi connectivity index (χ2v) is 10.2. The van der Waals surface area contributed by atoms with Crippen molar-refractivity contribution in [1.29, 1.82) is 0 Å². The predicted octanol–water partition coefficient (Wildman–Crippen LogP) is 3.88. The van der Waals surface area contributed by atoms with Crippen molar-refractivity contribution in [3.8, 4) is 17.0 Å². The van der Waals surface area contributed by atoms with Gasteiger partial charge in [-0.2, -0.15) is 0 Å². The number of carbonyl (C=O) groups excluding carboxylic acids is 2. The number of alkyl halides is 2. The van der Waals surface area contributed by atoms with Gasteiger partial charge in [-0.25, -0.2) is 18.7 Å². The van der Waals surface area contributed by atoms with E-state index in [1.807, 2.05) is 6.92 Å². The van der Waals surface area contributed by atoms with E-state index in [2.05, 4.69) is 20.3 Å². The number of aromatic nitrogens is 3. The molecule has 5 rings (SSSR count). The Bertz CT molecular complexity index is 1360. The first kappa shape index (κ1) is 26.0. The van der Waals surface area contributed by atoms with Crippen LogP contribution in [0.1, 0.15) is 47.8 Å². The number of halogens is 2. The number of nitrogens with one attached hydrogen (secondary N) is 2. The molecule has 0 bridgehead atoms. The summed E-state index contributed by atoms with van der Waals surface area (Å²) in [6.45, 7) is 5.15. The summed E-state index contributed by atoms with van der Waals surface area (Å²) in [5.41, 5.74) is 2.43. The molecule has 1 aliphatic carbocycles. The van der Waals surface area contributed by atoms with Crippen molar-refractivity contribution in [2.24, 2.45) is 11.8 Å². The summed E-state index contributed by atoms with van der Waals surface area (Å²) in [6.07, 6.45) is 0.854. The molecule has 9 nitrogen and oxygen atoms in total. The Kier molecular flexibility index (Phi) is 7.29. The van der Waals surface area contributed by atoms with Crippen LogP contribution >= 0.6 is 0 Å². The van der Waals surface area contributed by atoms with Crippen molar-refractivity contribution in [1.82, 2.24) is 25.2 Å². The molecule has 2 aliphatic rings. The zero-order chi connectivity index (χ0) is 27.0. The Morgan fingerprint density at radius 2 is 2.03 bits per heavy atom. The van der Waals surface area contributed by atoms with Crippen LogP contribution in [0.15, 0.2) is 24.5 Å². The molecule has 2 fully saturated rings. The highest BCUT2D eigenvalue weighted by Crippen LogP contribution is 2.38. The van der Waals surface area contributed by atoms with E-state index in [1.165, 1.54) is 25.6 Å². The van der Waals surface area contributed by atoms with Gasteiger partial charge in [-0.3, -0.25) is 9.59 Å². The Morgan fingerprint density at radius 3 is 2.74 bits per heavy atom. The molecule has 1 saturated carbocycles. The number of amides is 2. The second kappa shape index (κ2) is 10.6. The van der Waals surface area contributed by atoms with E-state index >= 15 is 0 Å². The van der Waals surface area contributed by atoms with Gasteiger partial charge in [-0.05, 0) is 49.8 Å². The molecule has 2 N–H and O–H groups in total. The van der Waals surface area contributed by atoms with Gasteiger partial charge >= 0.3 is 0 Å². The summed E-state index contributed by atoms with van der Waals surface area (Å²) in [4.78, 5) is 39.3. The molecule has 2 atom stereocenters. The van der Waals surface area contributed by atoms with Crippen molar-refractivity contribution in [2.75, 3.05) is 33.4 Å². The Balaban J connectivity index is 1.46. The minimum Gasteiger partial charge on any atom is -0.493 e. The summed E-state index contributed by atoms with van der Waals surface area (Å²) >= 11 is 0. The van der Waals surface area contributed by atoms with Crippen molar-refractivity contribution in [3.05, 3.63) is 41.3 Å². The molecule has 0 spiro atoms. The van der Waals surface area contributed by atoms with Crippen LogP contribution in [-0.4, -0.2) is 71.1 Å². The number of aromatic amines is 1. The number of carbonyl (C=O) groups is 2. The van der Waals surface area contributed by atoms with Crippen LogP contribution in [0.25, 0.3) is 22.3 Å². The number of fused-ring (bicyclic) bond motifs is 1. The minimum absolute atomic E-state index is 0.00619. The standard InChI is InChI=1S/C27H31F2N5O4/c1-14-9-34(21(35)12-37-3)10-19(14)33-27(36)22-15(2)32-25-23(30-13-31-24(22)25)18-8-17(26(28)29)6-7-20(18)38-11-16-4-5-16/h6-8,13-14,16,19,26,32H,4-5,9-12H2,1-3H3,(H,33,36)/t14-,19+/m0/s1. The van der Waals surface area contributed by atoms with Crippen LogP contribution in [0.2, 0.25) is 0 Å². The number of nitrogens with zero attached hydrogens (tertiary/aromatic N) is 3. The molecule has 202 valence electrons. The molecule has 3 aromatic rings. The topological polar surface area (TPSA) is 109 Å². The third kappa shape index (κ3) is 5.20. The predicted molar refractivity (Wildman–Crippen MR) is 136 cm³/mol. The SMILES string of the molecule is COCC(=O)N1C[C@H](C)[C@H](NC(=O)c2c(C)[nH]c3c(-c4cc(C(F)F)ccc4OCC4CC4)ncnc23)C1. The summed E-state index contributed by atoms with van der Waals surface area (Å²) < 4.78 is 38.1. The first-order valence-corrected chi connectivity index (χ1v) is 12.7. The number of H-pyrrole nitrogens is 1. The van der Waals surface area contributed by atoms with Crippen LogP contribution in [-0.2, 0) is 9.53 Å². The largest absolute Gasteiger partial charge is 0.493 e. The number of ether oxygens (including phenoxy) is 2. The number of hydrogen-bond donors (Lipinski definition) is 2. The van der Waals surface area contributed by atoms with Crippen molar-refractivity contribution in [3.63, 3.8) is 0 Å². The molecule has 3 heterocycles. The number of likely N-dealkylation sites (tertiary alicyclic amines) is 1. The van der Waals surface area contributed by atoms with E-state index in [-0.39, 0.29) is 35.9 Å². The third-order valence-electron chi connectivity index (χ3n) is 7.23. The molecule has 2 aromatic heterocycles. The number of methoxy groups -OCH3 is 1. The highest BCUT2D eigenvalue weighted by molar-refractivity contribution is 6.09. The molecule has 0 radical (unpaired) electrons. The minimum atomic E-state index is -2.65. The maximum atomic E-state index is 13.6. The molecule has 0 unspecified atom stereocenters. The van der Waals surface area contributed by atoms with Gasteiger partial charge in [-0.15, -0.1) is 0 Å². The van der Waals surface area contributed by atoms with E-state index in [0.29, 0.717) is 64.9 Å². The molecule has 2 amide bonds. The Labute approximate surface area is 218 Å². The van der Waals surface area contributed by atoms with Gasteiger partial charge in [0.05, 0.1) is 23.7 Å². The smallest absolute Gasteiger partial charge is 0.263 e. The van der Waals surface area contributed by atoms with Gasteiger partial charge in [0.25, 0.3) is 12.3 Å². The highest BCUT2D eigenvalue weighted by Gasteiger charge is 2.34. The molecule has 11 heteroatoms. The second-order valence-electron chi connectivity index (χ2n) is 10.2. The number of benzene rings is 1. The summed E-state index contributed by atoms with van der Waals surface area (Å²) in [5.74, 6) is 0.536. The number of hydrogen-bond acceptors (Lipinski definition) is 6. The Morgan fingerprint density at radius 1 is 1.24 bits per heavy atom. The van der Waals surface area contributed by atoms with Gasteiger partial charge in [0.2, 0.25) is 5.91 Å². The van der Waals surface area contributed by atoms with Gasteiger partial charge in [0.1, 0.15) is 29.9 Å². The van der Waals surface area contributed by atoms with E-state index in [4.69, 9.17) is 9.47 Å². The van der Waals surface area contributed by atoms with Crippen molar-refractivity contribution >= 4 is 22.8 Å². The lowest BCUT2D eigenvalue weighted by molar-refractivity contribution is -0.134. The van der Waals surface area contributed by atoms with Crippen LogP contribution < -0.4 is 10.1 Å². The molecule has 38 heavy (non-hydrogen) atoms. The highest BCUT2D eigenvalue weighted by atomic mass is 19.3. The lowest BCUT2D eigenvalue weighted by Gasteiger charge is -2.17. The molecule has 1 saturated heterocycles. The van der Waals surface area contributed by atoms with Crippen LogP contribution in [0, 0.1) is 18.8 Å². The summed E-state index contributed by atoms with van der Waals surface area (Å²) in [6, 6.07) is 4.06. The fourth-order valence-electron chi connectivity index (χ4n) is 4.90. The maximum Gasteiger partial charge on any atom is 0.263 e. The first-order valence-electron chi connectivity index (χ1n) is 12.7. The van der Waals surface area contributed by atoms with E-state index < -0.39 is 6.43 Å². The fourth-order valence-corrected chi connectivity index (χ4v) is 4.90. The molecule has 1 aromatic carbocycles. The lowest BCUT2D eigenvalue weighted by atomic mass is 10.0. The average molecular weight is 528 g/mol. The van der Waals surface area contributed by atoms with Gasteiger partial charge in [0, 0.05) is 37.0 Å². The molecular weight excluding hydrogens is 496 g/mol. The number of aryl methyl sites for hydroxylation is 1.